The normalized spacial score (nSPS) is 24.6. The fourth-order valence-electron chi connectivity index (χ4n) is 2.16. The van der Waals surface area contributed by atoms with Crippen molar-refractivity contribution in [2.24, 2.45) is 5.84 Å². The van der Waals surface area contributed by atoms with Crippen LogP contribution in [-0.2, 0) is 10.0 Å². The van der Waals surface area contributed by atoms with E-state index in [1.807, 2.05) is 0 Å². The Hall–Kier alpha value is -1.24. The number of thiazole rings is 1. The zero-order valence-corrected chi connectivity index (χ0v) is 11.8. The average Bonchev–Trinajstić information content (AvgIpc) is 3.03. The molecule has 0 bridgehead atoms. The topological polar surface area (TPSA) is 133 Å². The van der Waals surface area contributed by atoms with E-state index in [-0.39, 0.29) is 23.9 Å². The number of nitrogens with two attached hydrogens (primary N) is 1. The monoisotopic (exact) mass is 319 g/mol. The van der Waals surface area contributed by atoms with Gasteiger partial charge in [0.15, 0.2) is 10.8 Å². The number of aliphatic hydroxyl groups excluding tert-OH is 2. The number of hydrogen-bond donors (Lipinski definition) is 4. The molecule has 2 aromatic heterocycles. The van der Waals surface area contributed by atoms with Crippen LogP contribution in [0.15, 0.2) is 16.6 Å². The molecule has 0 spiro atoms. The van der Waals surface area contributed by atoms with Crippen LogP contribution in [-0.4, -0.2) is 57.6 Å². The van der Waals surface area contributed by atoms with Gasteiger partial charge in [-0.05, 0) is 0 Å². The van der Waals surface area contributed by atoms with Crippen molar-refractivity contribution in [1.82, 2.24) is 13.7 Å². The first-order chi connectivity index (χ1) is 9.45. The first-order valence-corrected chi connectivity index (χ1v) is 8.05. The van der Waals surface area contributed by atoms with Gasteiger partial charge < -0.3 is 15.6 Å². The second kappa shape index (κ2) is 4.65. The summed E-state index contributed by atoms with van der Waals surface area (Å²) >= 11 is 1.27. The van der Waals surface area contributed by atoms with E-state index in [2.05, 4.69) is 10.4 Å². The van der Waals surface area contributed by atoms with E-state index < -0.39 is 22.2 Å². The van der Waals surface area contributed by atoms with Gasteiger partial charge in [-0.2, -0.15) is 9.29 Å². The number of aliphatic hydroxyl groups is 2. The standard InChI is InChI=1S/C9H13N5O4S2/c10-12-7-8(14-1-2-19-9(14)11-7)20(17,18)13-3-5(15)6(16)4-13/h1-2,5-6,12,15-16H,3-4,10H2. The summed E-state index contributed by atoms with van der Waals surface area (Å²) in [5.41, 5.74) is 2.27. The molecule has 20 heavy (non-hydrogen) atoms. The van der Waals surface area contributed by atoms with Gasteiger partial charge >= 0.3 is 0 Å². The fourth-order valence-corrected chi connectivity index (χ4v) is 4.62. The summed E-state index contributed by atoms with van der Waals surface area (Å²) < 4.78 is 27.7. The largest absolute Gasteiger partial charge is 0.389 e. The van der Waals surface area contributed by atoms with E-state index in [0.29, 0.717) is 4.96 Å². The smallest absolute Gasteiger partial charge is 0.263 e. The van der Waals surface area contributed by atoms with Crippen molar-refractivity contribution in [3.05, 3.63) is 11.6 Å². The van der Waals surface area contributed by atoms with E-state index in [0.717, 1.165) is 4.31 Å². The lowest BCUT2D eigenvalue weighted by Gasteiger charge is -2.15. The fraction of sp³-hybridized carbons (Fsp3) is 0.444. The molecule has 1 aliphatic rings. The predicted octanol–water partition coefficient (Wildman–Crippen LogP) is -1.59. The van der Waals surface area contributed by atoms with Crippen LogP contribution >= 0.6 is 11.3 Å². The van der Waals surface area contributed by atoms with Crippen LogP contribution in [0.4, 0.5) is 5.82 Å². The number of β-amino-alcohol motifs (C(OH)–C–C–N with tert-alkyl or cyclic N) is 2. The maximum Gasteiger partial charge on any atom is 0.263 e. The molecule has 9 nitrogen and oxygen atoms in total. The van der Waals surface area contributed by atoms with Crippen molar-refractivity contribution in [2.45, 2.75) is 17.2 Å². The minimum absolute atomic E-state index is 0.0349. The Bertz CT molecular complexity index is 729. The molecular formula is C9H13N5O4S2. The molecular weight excluding hydrogens is 306 g/mol. The molecule has 2 aromatic rings. The molecule has 11 heteroatoms. The molecule has 5 N–H and O–H groups in total. The van der Waals surface area contributed by atoms with Crippen molar-refractivity contribution < 1.29 is 18.6 Å². The zero-order valence-electron chi connectivity index (χ0n) is 10.2. The Morgan fingerprint density at radius 3 is 2.65 bits per heavy atom. The van der Waals surface area contributed by atoms with E-state index in [1.165, 1.54) is 15.7 Å². The van der Waals surface area contributed by atoms with Gasteiger partial charge in [-0.25, -0.2) is 14.3 Å². The minimum atomic E-state index is -3.92. The highest BCUT2D eigenvalue weighted by Gasteiger charge is 2.40. The molecule has 0 aliphatic carbocycles. The quantitative estimate of drug-likeness (QED) is 0.396. The maximum atomic E-state index is 12.6. The Balaban J connectivity index is 2.11. The van der Waals surface area contributed by atoms with E-state index in [9.17, 15) is 18.6 Å². The van der Waals surface area contributed by atoms with Crippen LogP contribution < -0.4 is 11.3 Å². The van der Waals surface area contributed by atoms with Crippen LogP contribution in [0.5, 0.6) is 0 Å². The number of anilines is 1. The molecule has 3 rings (SSSR count). The SMILES string of the molecule is NNc1nc2sccn2c1S(=O)(=O)N1CC(O)C(O)C1. The molecule has 2 atom stereocenters. The number of nitrogens with one attached hydrogen (secondary N) is 1. The van der Waals surface area contributed by atoms with Crippen LogP contribution in [0, 0.1) is 0 Å². The van der Waals surface area contributed by atoms with Crippen LogP contribution in [0.25, 0.3) is 4.96 Å². The lowest BCUT2D eigenvalue weighted by Crippen LogP contribution is -2.31. The molecule has 0 radical (unpaired) electrons. The summed E-state index contributed by atoms with van der Waals surface area (Å²) in [4.78, 5) is 4.56. The van der Waals surface area contributed by atoms with Crippen LogP contribution in [0.2, 0.25) is 0 Å². The molecule has 0 amide bonds. The summed E-state index contributed by atoms with van der Waals surface area (Å²) in [6.45, 7) is -0.324. The summed E-state index contributed by atoms with van der Waals surface area (Å²) in [5.74, 6) is 5.36. The molecule has 2 unspecified atom stereocenters. The lowest BCUT2D eigenvalue weighted by molar-refractivity contribution is 0.0572. The molecule has 110 valence electrons. The summed E-state index contributed by atoms with van der Waals surface area (Å²) in [6.07, 6.45) is -0.612. The van der Waals surface area contributed by atoms with Crippen molar-refractivity contribution in [3.8, 4) is 0 Å². The first kappa shape index (κ1) is 13.7. The summed E-state index contributed by atoms with van der Waals surface area (Å²) in [6, 6.07) is 0. The molecule has 0 saturated carbocycles. The second-order valence-corrected chi connectivity index (χ2v) is 7.15. The molecule has 1 aliphatic heterocycles. The number of rotatable bonds is 3. The minimum Gasteiger partial charge on any atom is -0.389 e. The molecule has 0 aromatic carbocycles. The number of nitrogens with zero attached hydrogens (tertiary/aromatic N) is 3. The van der Waals surface area contributed by atoms with Crippen molar-refractivity contribution in [1.29, 1.82) is 0 Å². The van der Waals surface area contributed by atoms with Gasteiger partial charge in [0.25, 0.3) is 10.0 Å². The number of aromatic nitrogens is 2. The van der Waals surface area contributed by atoms with Crippen LogP contribution in [0.1, 0.15) is 0 Å². The second-order valence-electron chi connectivity index (χ2n) is 4.42. The predicted molar refractivity (Wildman–Crippen MR) is 71.7 cm³/mol. The number of nitrogen functional groups attached to an aromatic ring is 1. The van der Waals surface area contributed by atoms with Gasteiger partial charge in [0, 0.05) is 24.7 Å². The van der Waals surface area contributed by atoms with Crippen molar-refractivity contribution in [3.63, 3.8) is 0 Å². The Morgan fingerprint density at radius 1 is 1.40 bits per heavy atom. The third kappa shape index (κ3) is 1.90. The number of fused-ring (bicyclic) bond motifs is 1. The van der Waals surface area contributed by atoms with Gasteiger partial charge in [-0.3, -0.25) is 4.40 Å². The third-order valence-electron chi connectivity index (χ3n) is 3.16. The highest BCUT2D eigenvalue weighted by molar-refractivity contribution is 7.89. The molecule has 3 heterocycles. The van der Waals surface area contributed by atoms with Gasteiger partial charge in [-0.15, -0.1) is 11.3 Å². The number of sulfonamides is 1. The summed E-state index contributed by atoms with van der Waals surface area (Å²) in [7, 11) is -3.92. The highest BCUT2D eigenvalue weighted by atomic mass is 32.2. The third-order valence-corrected chi connectivity index (χ3v) is 5.78. The number of imidazole rings is 1. The molecule has 1 saturated heterocycles. The van der Waals surface area contributed by atoms with E-state index in [1.54, 1.807) is 11.6 Å². The first-order valence-electron chi connectivity index (χ1n) is 5.73. The van der Waals surface area contributed by atoms with Gasteiger partial charge in [0.2, 0.25) is 5.03 Å². The Morgan fingerprint density at radius 2 is 2.05 bits per heavy atom. The highest BCUT2D eigenvalue weighted by Crippen LogP contribution is 2.29. The van der Waals surface area contributed by atoms with Crippen LogP contribution in [0.3, 0.4) is 0 Å². The maximum absolute atomic E-state index is 12.6. The lowest BCUT2D eigenvalue weighted by atomic mass is 10.3. The van der Waals surface area contributed by atoms with Crippen molar-refractivity contribution >= 4 is 32.1 Å². The summed E-state index contributed by atoms with van der Waals surface area (Å²) in [5, 5.41) is 20.6. The van der Waals surface area contributed by atoms with Gasteiger partial charge in [0.1, 0.15) is 0 Å². The molecule has 1 fully saturated rings. The van der Waals surface area contributed by atoms with E-state index in [4.69, 9.17) is 5.84 Å². The van der Waals surface area contributed by atoms with E-state index >= 15 is 0 Å². The number of hydrogen-bond acceptors (Lipinski definition) is 8. The Kier molecular flexibility index (Phi) is 3.19. The Labute approximate surface area is 118 Å². The average molecular weight is 319 g/mol. The van der Waals surface area contributed by atoms with Gasteiger partial charge in [-0.1, -0.05) is 0 Å². The van der Waals surface area contributed by atoms with Gasteiger partial charge in [0.05, 0.1) is 12.2 Å². The zero-order chi connectivity index (χ0) is 14.5. The van der Waals surface area contributed by atoms with Crippen molar-refractivity contribution in [2.75, 3.05) is 18.5 Å². The number of hydrazine groups is 1.